The maximum absolute atomic E-state index is 12.8. The molecule has 56 valence electrons. The summed E-state index contributed by atoms with van der Waals surface area (Å²) in [6, 6.07) is 2.79. The Morgan fingerprint density at radius 1 is 1.55 bits per heavy atom. The highest BCUT2D eigenvalue weighted by molar-refractivity contribution is 5.45. The van der Waals surface area contributed by atoms with E-state index in [1.807, 2.05) is 0 Å². The number of aromatic amines is 1. The van der Waals surface area contributed by atoms with Crippen molar-refractivity contribution in [1.82, 2.24) is 9.38 Å². The minimum Gasteiger partial charge on any atom is -0.312 e. The first-order chi connectivity index (χ1) is 5.29. The van der Waals surface area contributed by atoms with E-state index < -0.39 is 5.82 Å². The highest BCUT2D eigenvalue weighted by Gasteiger charge is 2.00. The number of hydrogen-bond donors (Lipinski definition) is 1. The van der Waals surface area contributed by atoms with Gasteiger partial charge in [0.1, 0.15) is 11.3 Å². The van der Waals surface area contributed by atoms with Crippen molar-refractivity contribution in [3.8, 4) is 0 Å². The minimum atomic E-state index is -0.397. The summed E-state index contributed by atoms with van der Waals surface area (Å²) in [4.78, 5) is 13.3. The molecular formula is C7H5FN2O. The normalized spacial score (nSPS) is 10.6. The average Bonchev–Trinajstić information content (AvgIpc) is 2.35. The maximum atomic E-state index is 12.8. The van der Waals surface area contributed by atoms with Crippen LogP contribution < -0.4 is 5.69 Å². The van der Waals surface area contributed by atoms with E-state index in [0.29, 0.717) is 0 Å². The van der Waals surface area contributed by atoms with Crippen LogP contribution in [0.5, 0.6) is 0 Å². The molecule has 0 radical (unpaired) electrons. The lowest BCUT2D eigenvalue weighted by Crippen LogP contribution is -2.08. The van der Waals surface area contributed by atoms with Crippen molar-refractivity contribution in [2.45, 2.75) is 0 Å². The van der Waals surface area contributed by atoms with E-state index in [0.717, 1.165) is 0 Å². The summed E-state index contributed by atoms with van der Waals surface area (Å²) < 4.78 is 14.0. The van der Waals surface area contributed by atoms with Gasteiger partial charge in [0.25, 0.3) is 0 Å². The fourth-order valence-electron chi connectivity index (χ4n) is 1.01. The molecule has 3 nitrogen and oxygen atoms in total. The van der Waals surface area contributed by atoms with E-state index >= 15 is 0 Å². The lowest BCUT2D eigenvalue weighted by atomic mass is 10.4. The van der Waals surface area contributed by atoms with Crippen LogP contribution in [0.1, 0.15) is 0 Å². The summed E-state index contributed by atoms with van der Waals surface area (Å²) in [5.74, 6) is -0.397. The van der Waals surface area contributed by atoms with Gasteiger partial charge in [-0.2, -0.15) is 0 Å². The number of pyridine rings is 1. The van der Waals surface area contributed by atoms with Crippen molar-refractivity contribution >= 4 is 5.52 Å². The maximum Gasteiger partial charge on any atom is 0.330 e. The molecule has 1 N–H and O–H groups in total. The topological polar surface area (TPSA) is 37.3 Å². The van der Waals surface area contributed by atoms with E-state index in [1.54, 1.807) is 0 Å². The quantitative estimate of drug-likeness (QED) is 0.594. The first kappa shape index (κ1) is 6.15. The lowest BCUT2D eigenvalue weighted by molar-refractivity contribution is 0.633. The van der Waals surface area contributed by atoms with Gasteiger partial charge in [0.05, 0.1) is 0 Å². The predicted molar refractivity (Wildman–Crippen MR) is 38.0 cm³/mol. The molecule has 0 saturated heterocycles. The number of nitrogens with zero attached hydrogens (tertiary/aromatic N) is 1. The van der Waals surface area contributed by atoms with Crippen molar-refractivity contribution in [2.24, 2.45) is 0 Å². The number of rotatable bonds is 0. The lowest BCUT2D eigenvalue weighted by Gasteiger charge is -1.90. The Morgan fingerprint density at radius 3 is 3.09 bits per heavy atom. The molecule has 0 bridgehead atoms. The molecule has 2 rings (SSSR count). The van der Waals surface area contributed by atoms with E-state index in [4.69, 9.17) is 0 Å². The number of H-pyrrole nitrogens is 1. The first-order valence-corrected chi connectivity index (χ1v) is 3.13. The number of halogens is 1. The van der Waals surface area contributed by atoms with Crippen LogP contribution in [0.25, 0.3) is 5.52 Å². The predicted octanol–water partition coefficient (Wildman–Crippen LogP) is 0.767. The van der Waals surface area contributed by atoms with Gasteiger partial charge in [0, 0.05) is 12.4 Å². The van der Waals surface area contributed by atoms with Crippen LogP contribution in [0.2, 0.25) is 0 Å². The molecular weight excluding hydrogens is 147 g/mol. The van der Waals surface area contributed by atoms with Gasteiger partial charge in [-0.15, -0.1) is 0 Å². The van der Waals surface area contributed by atoms with Crippen molar-refractivity contribution in [1.29, 1.82) is 0 Å². The molecule has 4 heteroatoms. The summed E-state index contributed by atoms with van der Waals surface area (Å²) >= 11 is 0. The third-order valence-corrected chi connectivity index (χ3v) is 1.53. The Labute approximate surface area is 61.1 Å². The van der Waals surface area contributed by atoms with Crippen LogP contribution in [-0.4, -0.2) is 9.38 Å². The van der Waals surface area contributed by atoms with Crippen molar-refractivity contribution in [3.63, 3.8) is 0 Å². The highest BCUT2D eigenvalue weighted by atomic mass is 19.1. The molecule has 0 fully saturated rings. The standard InChI is InChI=1S/C7H5FN2O/c8-5-2-1-3-10-6(5)4-9-7(10)11/h1-4H,(H,9,11). The van der Waals surface area contributed by atoms with E-state index in [1.165, 1.54) is 28.9 Å². The Balaban J connectivity index is 3.06. The molecule has 2 heterocycles. The molecule has 0 spiro atoms. The number of nitrogens with one attached hydrogen (secondary N) is 1. The Morgan fingerprint density at radius 2 is 2.36 bits per heavy atom. The molecule has 2 aromatic heterocycles. The van der Waals surface area contributed by atoms with Crippen molar-refractivity contribution in [2.75, 3.05) is 0 Å². The molecule has 2 aromatic rings. The van der Waals surface area contributed by atoms with Gasteiger partial charge >= 0.3 is 5.69 Å². The number of imidazole rings is 1. The second-order valence-electron chi connectivity index (χ2n) is 2.21. The van der Waals surface area contributed by atoms with Gasteiger partial charge in [0.2, 0.25) is 0 Å². The van der Waals surface area contributed by atoms with Crippen LogP contribution in [0.3, 0.4) is 0 Å². The molecule has 0 aliphatic rings. The average molecular weight is 152 g/mol. The fraction of sp³-hybridized carbons (Fsp3) is 0. The molecule has 0 aromatic carbocycles. The van der Waals surface area contributed by atoms with E-state index in [-0.39, 0.29) is 11.2 Å². The molecule has 11 heavy (non-hydrogen) atoms. The first-order valence-electron chi connectivity index (χ1n) is 3.13. The third-order valence-electron chi connectivity index (χ3n) is 1.53. The summed E-state index contributed by atoms with van der Waals surface area (Å²) in [5, 5.41) is 0. The van der Waals surface area contributed by atoms with E-state index in [2.05, 4.69) is 4.98 Å². The third kappa shape index (κ3) is 0.756. The van der Waals surface area contributed by atoms with Crippen LogP contribution in [0, 0.1) is 5.82 Å². The number of aromatic nitrogens is 2. The minimum absolute atomic E-state index is 0.275. The van der Waals surface area contributed by atoms with Gasteiger partial charge in [-0.05, 0) is 12.1 Å². The van der Waals surface area contributed by atoms with Crippen LogP contribution in [0.15, 0.2) is 29.3 Å². The van der Waals surface area contributed by atoms with Gasteiger partial charge in [-0.3, -0.25) is 4.40 Å². The fourth-order valence-corrected chi connectivity index (χ4v) is 1.01. The zero-order chi connectivity index (χ0) is 7.84. The number of hydrogen-bond acceptors (Lipinski definition) is 1. The monoisotopic (exact) mass is 152 g/mol. The second-order valence-corrected chi connectivity index (χ2v) is 2.21. The van der Waals surface area contributed by atoms with Gasteiger partial charge in [-0.25, -0.2) is 9.18 Å². The van der Waals surface area contributed by atoms with Gasteiger partial charge in [0.15, 0.2) is 0 Å². The van der Waals surface area contributed by atoms with Crippen molar-refractivity contribution < 1.29 is 4.39 Å². The van der Waals surface area contributed by atoms with Crippen LogP contribution in [0.4, 0.5) is 4.39 Å². The Kier molecular flexibility index (Phi) is 1.09. The van der Waals surface area contributed by atoms with Gasteiger partial charge < -0.3 is 4.98 Å². The Bertz CT molecular complexity index is 443. The summed E-state index contributed by atoms with van der Waals surface area (Å²) in [6.45, 7) is 0. The smallest absolute Gasteiger partial charge is 0.312 e. The summed E-state index contributed by atoms with van der Waals surface area (Å²) in [5.41, 5.74) is -0.0444. The Hall–Kier alpha value is -1.58. The molecule has 0 amide bonds. The van der Waals surface area contributed by atoms with Crippen LogP contribution in [-0.2, 0) is 0 Å². The zero-order valence-electron chi connectivity index (χ0n) is 5.54. The van der Waals surface area contributed by atoms with Crippen molar-refractivity contribution in [3.05, 3.63) is 40.8 Å². The highest BCUT2D eigenvalue weighted by Crippen LogP contribution is 2.03. The SMILES string of the molecule is O=c1[nH]cc2c(F)cccn12. The molecule has 0 saturated carbocycles. The van der Waals surface area contributed by atoms with Gasteiger partial charge in [-0.1, -0.05) is 0 Å². The summed E-state index contributed by atoms with van der Waals surface area (Å²) in [7, 11) is 0. The zero-order valence-corrected chi connectivity index (χ0v) is 5.54. The summed E-state index contributed by atoms with van der Waals surface area (Å²) in [6.07, 6.45) is 2.86. The number of fused-ring (bicyclic) bond motifs is 1. The molecule has 0 aliphatic heterocycles. The molecule has 0 atom stereocenters. The molecule has 0 aliphatic carbocycles. The second kappa shape index (κ2) is 1.95. The molecule has 0 unspecified atom stereocenters. The largest absolute Gasteiger partial charge is 0.330 e. The van der Waals surface area contributed by atoms with E-state index in [9.17, 15) is 9.18 Å². The van der Waals surface area contributed by atoms with Crippen LogP contribution >= 0.6 is 0 Å².